The number of aromatic nitrogens is 6. The van der Waals surface area contributed by atoms with Gasteiger partial charge in [-0.2, -0.15) is 0 Å². The second kappa shape index (κ2) is 9.44. The van der Waals surface area contributed by atoms with E-state index < -0.39 is 5.76 Å². The second-order valence-electron chi connectivity index (χ2n) is 10.0. The van der Waals surface area contributed by atoms with Crippen LogP contribution in [0.25, 0.3) is 11.4 Å². The van der Waals surface area contributed by atoms with E-state index in [1.54, 1.807) is 0 Å². The molecule has 2 aliphatic rings. The highest BCUT2D eigenvalue weighted by molar-refractivity contribution is 5.54. The Morgan fingerprint density at radius 2 is 1.81 bits per heavy atom. The van der Waals surface area contributed by atoms with Crippen molar-refractivity contribution < 1.29 is 9.26 Å². The van der Waals surface area contributed by atoms with Crippen molar-refractivity contribution in [2.24, 2.45) is 5.41 Å². The predicted octanol–water partition coefficient (Wildman–Crippen LogP) is 3.26. The molecule has 10 nitrogen and oxygen atoms in total. The van der Waals surface area contributed by atoms with Crippen molar-refractivity contribution in [3.63, 3.8) is 0 Å². The van der Waals surface area contributed by atoms with E-state index in [0.29, 0.717) is 17.3 Å². The fourth-order valence-corrected chi connectivity index (χ4v) is 5.36. The molecule has 1 spiro atoms. The quantitative estimate of drug-likeness (QED) is 0.407. The zero-order chi connectivity index (χ0) is 24.5. The number of hydrogen-bond donors (Lipinski definition) is 2. The monoisotopic (exact) mass is 487 g/mol. The molecule has 0 amide bonds. The summed E-state index contributed by atoms with van der Waals surface area (Å²) >= 11 is 0. The third-order valence-electron chi connectivity index (χ3n) is 7.65. The van der Waals surface area contributed by atoms with Gasteiger partial charge in [-0.15, -0.1) is 5.10 Å². The second-order valence-corrected chi connectivity index (χ2v) is 10.0. The molecule has 10 heteroatoms. The molecule has 186 valence electrons. The molecule has 1 saturated carbocycles. The molecule has 2 fully saturated rings. The lowest BCUT2D eigenvalue weighted by Crippen LogP contribution is -2.48. The summed E-state index contributed by atoms with van der Waals surface area (Å²) in [5, 5.41) is 20.6. The van der Waals surface area contributed by atoms with Crippen LogP contribution in [0.4, 0.5) is 0 Å². The molecule has 1 aliphatic carbocycles. The number of tetrazole rings is 1. The maximum absolute atomic E-state index is 11.4. The van der Waals surface area contributed by atoms with Gasteiger partial charge in [-0.25, -0.2) is 9.48 Å². The van der Waals surface area contributed by atoms with Crippen LogP contribution in [0, 0.1) is 5.41 Å². The SMILES string of the molecule is CC(c1ccccc1)n1nnnc1C(NC1CCC2(CC1)COC2)c1ccc(-c2noc(=O)[nH]2)cc1. The Morgan fingerprint density at radius 1 is 1.06 bits per heavy atom. The lowest BCUT2D eigenvalue weighted by molar-refractivity contribution is -0.133. The number of rotatable bonds is 7. The van der Waals surface area contributed by atoms with Crippen LogP contribution in [0.5, 0.6) is 0 Å². The Kier molecular flexibility index (Phi) is 5.98. The van der Waals surface area contributed by atoms with Crippen molar-refractivity contribution in [2.45, 2.75) is 50.7 Å². The average Bonchev–Trinajstić information content (AvgIpc) is 3.56. The van der Waals surface area contributed by atoms with Crippen molar-refractivity contribution in [2.75, 3.05) is 13.2 Å². The van der Waals surface area contributed by atoms with E-state index in [0.717, 1.165) is 48.6 Å². The lowest BCUT2D eigenvalue weighted by Gasteiger charge is -2.46. The zero-order valence-electron chi connectivity index (χ0n) is 20.1. The molecule has 2 N–H and O–H groups in total. The van der Waals surface area contributed by atoms with Gasteiger partial charge in [0.1, 0.15) is 0 Å². The molecule has 0 bridgehead atoms. The Bertz CT molecular complexity index is 1350. The fourth-order valence-electron chi connectivity index (χ4n) is 5.36. The first kappa shape index (κ1) is 22.8. The molecule has 2 aromatic carbocycles. The van der Waals surface area contributed by atoms with Gasteiger partial charge in [0.15, 0.2) is 11.6 Å². The van der Waals surface area contributed by atoms with Gasteiger partial charge >= 0.3 is 5.76 Å². The Hall–Kier alpha value is -3.63. The van der Waals surface area contributed by atoms with Gasteiger partial charge in [0.05, 0.1) is 25.3 Å². The van der Waals surface area contributed by atoms with Crippen LogP contribution in [0.3, 0.4) is 0 Å². The number of aromatic amines is 1. The highest BCUT2D eigenvalue weighted by Gasteiger charge is 2.42. The van der Waals surface area contributed by atoms with Gasteiger partial charge < -0.3 is 10.1 Å². The zero-order valence-corrected chi connectivity index (χ0v) is 20.1. The van der Waals surface area contributed by atoms with Crippen LogP contribution in [0.15, 0.2) is 63.9 Å². The minimum absolute atomic E-state index is 0.0262. The number of nitrogens with zero attached hydrogens (tertiary/aromatic N) is 5. The number of nitrogens with one attached hydrogen (secondary N) is 2. The fraction of sp³-hybridized carbons (Fsp3) is 0.423. The molecular weight excluding hydrogens is 458 g/mol. The smallest absolute Gasteiger partial charge is 0.380 e. The Balaban J connectivity index is 1.31. The predicted molar refractivity (Wildman–Crippen MR) is 131 cm³/mol. The number of hydrogen-bond acceptors (Lipinski definition) is 8. The first-order valence-electron chi connectivity index (χ1n) is 12.4. The van der Waals surface area contributed by atoms with Crippen molar-refractivity contribution in [3.8, 4) is 11.4 Å². The van der Waals surface area contributed by atoms with Crippen LogP contribution in [-0.2, 0) is 4.74 Å². The first-order valence-corrected chi connectivity index (χ1v) is 12.4. The highest BCUT2D eigenvalue weighted by Crippen LogP contribution is 2.43. The topological polar surface area (TPSA) is 124 Å². The molecule has 2 unspecified atom stereocenters. The molecule has 6 rings (SSSR count). The van der Waals surface area contributed by atoms with E-state index in [4.69, 9.17) is 4.74 Å². The van der Waals surface area contributed by atoms with Crippen molar-refractivity contribution in [1.82, 2.24) is 35.7 Å². The minimum atomic E-state index is -0.574. The minimum Gasteiger partial charge on any atom is -0.380 e. The van der Waals surface area contributed by atoms with Crippen LogP contribution in [0.1, 0.15) is 61.6 Å². The van der Waals surface area contributed by atoms with Crippen molar-refractivity contribution >= 4 is 0 Å². The average molecular weight is 488 g/mol. The van der Waals surface area contributed by atoms with Crippen LogP contribution in [-0.4, -0.2) is 49.6 Å². The van der Waals surface area contributed by atoms with Gasteiger partial charge in [-0.05, 0) is 54.2 Å². The van der Waals surface area contributed by atoms with Gasteiger partial charge in [0.2, 0.25) is 0 Å². The van der Waals surface area contributed by atoms with Crippen molar-refractivity contribution in [1.29, 1.82) is 0 Å². The number of ether oxygens (including phenoxy) is 1. The molecule has 1 aliphatic heterocycles. The third kappa shape index (κ3) is 4.38. The summed E-state index contributed by atoms with van der Waals surface area (Å²) in [5.41, 5.74) is 3.32. The van der Waals surface area contributed by atoms with Gasteiger partial charge in [-0.1, -0.05) is 59.8 Å². The highest BCUT2D eigenvalue weighted by atomic mass is 16.5. The first-order chi connectivity index (χ1) is 17.6. The summed E-state index contributed by atoms with van der Waals surface area (Å²) in [6.07, 6.45) is 4.52. The van der Waals surface area contributed by atoms with E-state index in [2.05, 4.69) is 54.6 Å². The van der Waals surface area contributed by atoms with E-state index in [1.165, 1.54) is 12.8 Å². The van der Waals surface area contributed by atoms with Crippen LogP contribution < -0.4 is 11.1 Å². The molecular formula is C26H29N7O3. The molecule has 2 aromatic heterocycles. The summed E-state index contributed by atoms with van der Waals surface area (Å²) in [6, 6.07) is 18.3. The summed E-state index contributed by atoms with van der Waals surface area (Å²) in [7, 11) is 0. The van der Waals surface area contributed by atoms with E-state index in [9.17, 15) is 4.79 Å². The van der Waals surface area contributed by atoms with E-state index in [1.807, 2.05) is 47.1 Å². The molecule has 1 saturated heterocycles. The summed E-state index contributed by atoms with van der Waals surface area (Å²) in [5.74, 6) is 0.592. The molecule has 4 aromatic rings. The Labute approximate surface area is 208 Å². The molecule has 2 atom stereocenters. The molecule has 0 radical (unpaired) electrons. The maximum Gasteiger partial charge on any atom is 0.439 e. The van der Waals surface area contributed by atoms with E-state index in [-0.39, 0.29) is 12.1 Å². The molecule has 3 heterocycles. The van der Waals surface area contributed by atoms with E-state index >= 15 is 0 Å². The van der Waals surface area contributed by atoms with Gasteiger partial charge in [0.25, 0.3) is 0 Å². The van der Waals surface area contributed by atoms with Gasteiger partial charge in [0, 0.05) is 17.0 Å². The largest absolute Gasteiger partial charge is 0.439 e. The Morgan fingerprint density at radius 3 is 2.44 bits per heavy atom. The van der Waals surface area contributed by atoms with Crippen LogP contribution in [0.2, 0.25) is 0 Å². The summed E-state index contributed by atoms with van der Waals surface area (Å²) in [6.45, 7) is 3.89. The van der Waals surface area contributed by atoms with Gasteiger partial charge in [-0.3, -0.25) is 9.51 Å². The number of benzene rings is 2. The lowest BCUT2D eigenvalue weighted by atomic mass is 9.71. The number of H-pyrrole nitrogens is 1. The standard InChI is InChI=1S/C26H29N7O3/c1-17(18-5-3-2-4-6-18)33-24(29-31-32-33)22(27-21-11-13-26(14-12-21)15-35-16-26)19-7-9-20(10-8-19)23-28-25(34)36-30-23/h2-10,17,21-22,27H,11-16H2,1H3,(H,28,30,34). The summed E-state index contributed by atoms with van der Waals surface area (Å²) < 4.78 is 12.1. The van der Waals surface area contributed by atoms with Crippen molar-refractivity contribution in [3.05, 3.63) is 82.1 Å². The van der Waals surface area contributed by atoms with Crippen LogP contribution >= 0.6 is 0 Å². The normalized spacial score (nSPS) is 19.1. The maximum atomic E-state index is 11.4. The summed E-state index contributed by atoms with van der Waals surface area (Å²) in [4.78, 5) is 14.0. The third-order valence-corrected chi connectivity index (χ3v) is 7.65. The molecule has 36 heavy (non-hydrogen) atoms.